The van der Waals surface area contributed by atoms with E-state index in [2.05, 4.69) is 28.9 Å². The third-order valence-electron chi connectivity index (χ3n) is 5.51. The Hall–Kier alpha value is 0.230. The summed E-state index contributed by atoms with van der Waals surface area (Å²) in [6.45, 7) is 8.35. The number of hydrogen-bond donors (Lipinski definition) is 1. The van der Waals surface area contributed by atoms with Gasteiger partial charge in [0.2, 0.25) is 0 Å². The number of piperidine rings is 1. The summed E-state index contributed by atoms with van der Waals surface area (Å²) < 4.78 is 6.22. The van der Waals surface area contributed by atoms with Gasteiger partial charge in [0.1, 0.15) is 0 Å². The molecule has 2 atom stereocenters. The number of ether oxygens (including phenoxy) is 1. The fourth-order valence-electron chi connectivity index (χ4n) is 4.28. The summed E-state index contributed by atoms with van der Waals surface area (Å²) in [5, 5.41) is 3.50. The highest BCUT2D eigenvalue weighted by atomic mass is 32.2. The Morgan fingerprint density at radius 3 is 2.86 bits per heavy atom. The molecular weight excluding hydrogens is 280 g/mol. The predicted octanol–water partition coefficient (Wildman–Crippen LogP) is 2.75. The number of thioether (sulfide) groups is 1. The van der Waals surface area contributed by atoms with Gasteiger partial charge in [0.25, 0.3) is 0 Å². The van der Waals surface area contributed by atoms with E-state index in [1.54, 1.807) is 0 Å². The van der Waals surface area contributed by atoms with Gasteiger partial charge in [-0.15, -0.1) is 0 Å². The Morgan fingerprint density at radius 2 is 2.14 bits per heavy atom. The largest absolute Gasteiger partial charge is 0.374 e. The highest BCUT2D eigenvalue weighted by molar-refractivity contribution is 7.99. The van der Waals surface area contributed by atoms with E-state index in [1.165, 1.54) is 76.2 Å². The van der Waals surface area contributed by atoms with Gasteiger partial charge in [0, 0.05) is 24.9 Å². The molecule has 0 aromatic carbocycles. The van der Waals surface area contributed by atoms with Crippen LogP contribution in [-0.2, 0) is 4.74 Å². The lowest BCUT2D eigenvalue weighted by Gasteiger charge is -2.44. The van der Waals surface area contributed by atoms with Crippen LogP contribution in [-0.4, -0.2) is 60.8 Å². The normalized spacial score (nSPS) is 34.9. The molecule has 0 aromatic heterocycles. The van der Waals surface area contributed by atoms with Crippen LogP contribution in [0.4, 0.5) is 0 Å². The van der Waals surface area contributed by atoms with Gasteiger partial charge in [-0.3, -0.25) is 4.90 Å². The fourth-order valence-corrected chi connectivity index (χ4v) is 5.66. The Kier molecular flexibility index (Phi) is 5.88. The van der Waals surface area contributed by atoms with Crippen molar-refractivity contribution < 1.29 is 4.74 Å². The first-order valence-corrected chi connectivity index (χ1v) is 10.1. The second kappa shape index (κ2) is 7.67. The first kappa shape index (κ1) is 16.1. The first-order valence-electron chi connectivity index (χ1n) is 8.98. The number of rotatable bonds is 5. The van der Waals surface area contributed by atoms with E-state index in [0.717, 1.165) is 18.6 Å². The Balaban J connectivity index is 1.59. The molecule has 0 radical (unpaired) electrons. The summed E-state index contributed by atoms with van der Waals surface area (Å²) in [6.07, 6.45) is 7.82. The van der Waals surface area contributed by atoms with Gasteiger partial charge in [-0.2, -0.15) is 11.8 Å². The summed E-state index contributed by atoms with van der Waals surface area (Å²) in [6, 6.07) is 0.771. The molecule has 3 aliphatic rings. The summed E-state index contributed by atoms with van der Waals surface area (Å²) in [5.74, 6) is 3.44. The van der Waals surface area contributed by atoms with Gasteiger partial charge in [0.15, 0.2) is 0 Å². The second-order valence-corrected chi connectivity index (χ2v) is 8.27. The zero-order valence-corrected chi connectivity index (χ0v) is 14.4. The minimum atomic E-state index is 0.230. The Labute approximate surface area is 134 Å². The third-order valence-corrected chi connectivity index (χ3v) is 6.74. The molecule has 0 saturated carbocycles. The number of nitrogens with zero attached hydrogens (tertiary/aromatic N) is 1. The Morgan fingerprint density at radius 1 is 1.29 bits per heavy atom. The van der Waals surface area contributed by atoms with Crippen molar-refractivity contribution in [2.45, 2.75) is 57.1 Å². The smallest absolute Gasteiger partial charge is 0.0795 e. The maximum Gasteiger partial charge on any atom is 0.0795 e. The third kappa shape index (κ3) is 4.15. The molecule has 21 heavy (non-hydrogen) atoms. The van der Waals surface area contributed by atoms with Gasteiger partial charge in [-0.05, 0) is 69.8 Å². The first-order chi connectivity index (χ1) is 10.3. The molecule has 0 bridgehead atoms. The lowest BCUT2D eigenvalue weighted by Crippen LogP contribution is -2.50. The van der Waals surface area contributed by atoms with Gasteiger partial charge in [0.05, 0.1) is 5.60 Å². The monoisotopic (exact) mass is 312 g/mol. The second-order valence-electron chi connectivity index (χ2n) is 7.17. The van der Waals surface area contributed by atoms with Crippen LogP contribution in [0.5, 0.6) is 0 Å². The van der Waals surface area contributed by atoms with Crippen molar-refractivity contribution in [3.05, 3.63) is 0 Å². The van der Waals surface area contributed by atoms with Crippen LogP contribution in [0.2, 0.25) is 0 Å². The zero-order chi connectivity index (χ0) is 14.5. The molecule has 0 aromatic rings. The van der Waals surface area contributed by atoms with Crippen LogP contribution in [0.15, 0.2) is 0 Å². The quantitative estimate of drug-likeness (QED) is 0.844. The van der Waals surface area contributed by atoms with E-state index in [-0.39, 0.29) is 5.60 Å². The van der Waals surface area contributed by atoms with Gasteiger partial charge >= 0.3 is 0 Å². The number of nitrogens with one attached hydrogen (secondary N) is 1. The van der Waals surface area contributed by atoms with Crippen molar-refractivity contribution >= 4 is 11.8 Å². The molecule has 1 N–H and O–H groups in total. The topological polar surface area (TPSA) is 24.5 Å². The summed E-state index contributed by atoms with van der Waals surface area (Å²) in [5.41, 5.74) is 0.230. The van der Waals surface area contributed by atoms with Gasteiger partial charge < -0.3 is 10.1 Å². The van der Waals surface area contributed by atoms with Crippen LogP contribution in [0, 0.1) is 5.92 Å². The maximum atomic E-state index is 6.22. The molecule has 3 aliphatic heterocycles. The lowest BCUT2D eigenvalue weighted by atomic mass is 9.88. The molecule has 0 amide bonds. The van der Waals surface area contributed by atoms with E-state index in [9.17, 15) is 0 Å². The van der Waals surface area contributed by atoms with Crippen LogP contribution in [0.3, 0.4) is 0 Å². The molecule has 3 nitrogen and oxygen atoms in total. The van der Waals surface area contributed by atoms with Crippen molar-refractivity contribution in [2.24, 2.45) is 5.92 Å². The summed E-state index contributed by atoms with van der Waals surface area (Å²) in [7, 11) is 0. The molecule has 0 aliphatic carbocycles. The average Bonchev–Trinajstić information content (AvgIpc) is 2.96. The van der Waals surface area contributed by atoms with Crippen LogP contribution < -0.4 is 5.32 Å². The van der Waals surface area contributed by atoms with Gasteiger partial charge in [-0.1, -0.05) is 6.92 Å². The summed E-state index contributed by atoms with van der Waals surface area (Å²) >= 11 is 2.09. The van der Waals surface area contributed by atoms with Crippen LogP contribution >= 0.6 is 11.8 Å². The predicted molar refractivity (Wildman–Crippen MR) is 91.1 cm³/mol. The van der Waals surface area contributed by atoms with Crippen LogP contribution in [0.25, 0.3) is 0 Å². The highest BCUT2D eigenvalue weighted by Crippen LogP contribution is 2.39. The van der Waals surface area contributed by atoms with Gasteiger partial charge in [-0.25, -0.2) is 0 Å². The zero-order valence-electron chi connectivity index (χ0n) is 13.6. The molecule has 2 unspecified atom stereocenters. The van der Waals surface area contributed by atoms with Crippen molar-refractivity contribution in [1.29, 1.82) is 0 Å². The molecule has 1 spiro atoms. The maximum absolute atomic E-state index is 6.22. The molecule has 3 fully saturated rings. The SMILES string of the molecule is CCCN(CC1CCNCC1)C1CCOC2(CCSC2)C1. The van der Waals surface area contributed by atoms with Crippen molar-refractivity contribution in [3.8, 4) is 0 Å². The van der Waals surface area contributed by atoms with Crippen molar-refractivity contribution in [3.63, 3.8) is 0 Å². The minimum Gasteiger partial charge on any atom is -0.374 e. The average molecular weight is 313 g/mol. The minimum absolute atomic E-state index is 0.230. The molecule has 3 rings (SSSR count). The van der Waals surface area contributed by atoms with E-state index >= 15 is 0 Å². The van der Waals surface area contributed by atoms with Crippen molar-refractivity contribution in [2.75, 3.05) is 44.3 Å². The lowest BCUT2D eigenvalue weighted by molar-refractivity contribution is -0.0914. The fraction of sp³-hybridized carbons (Fsp3) is 1.00. The number of hydrogen-bond acceptors (Lipinski definition) is 4. The highest BCUT2D eigenvalue weighted by Gasteiger charge is 2.42. The standard InChI is InChI=1S/C17H32N2OS/c1-2-9-19(13-15-3-7-18-8-4-15)16-5-10-20-17(12-16)6-11-21-14-17/h15-16,18H,2-14H2,1H3. The Bertz CT molecular complexity index is 314. The van der Waals surface area contributed by atoms with E-state index in [0.29, 0.717) is 0 Å². The van der Waals surface area contributed by atoms with E-state index in [4.69, 9.17) is 4.74 Å². The summed E-state index contributed by atoms with van der Waals surface area (Å²) in [4.78, 5) is 2.82. The van der Waals surface area contributed by atoms with E-state index in [1.807, 2.05) is 0 Å². The molecule has 3 heterocycles. The molecule has 3 saturated heterocycles. The van der Waals surface area contributed by atoms with Crippen molar-refractivity contribution in [1.82, 2.24) is 10.2 Å². The van der Waals surface area contributed by atoms with E-state index < -0.39 is 0 Å². The molecule has 122 valence electrons. The van der Waals surface area contributed by atoms with Crippen LogP contribution in [0.1, 0.15) is 45.4 Å². The molecule has 4 heteroatoms. The molecular formula is C17H32N2OS.